The first-order chi connectivity index (χ1) is 9.12. The zero-order chi connectivity index (χ0) is 13.5. The van der Waals surface area contributed by atoms with Gasteiger partial charge in [0, 0.05) is 12.3 Å². The van der Waals surface area contributed by atoms with Crippen LogP contribution >= 0.6 is 0 Å². The molecule has 1 aromatic heterocycles. The first kappa shape index (κ1) is 12.4. The number of hydrogen-bond donors (Lipinski definition) is 1. The summed E-state index contributed by atoms with van der Waals surface area (Å²) >= 11 is 0. The van der Waals surface area contributed by atoms with Gasteiger partial charge in [-0.3, -0.25) is 0 Å². The minimum atomic E-state index is -0.133. The molecule has 0 radical (unpaired) electrons. The Morgan fingerprint density at radius 1 is 1.53 bits per heavy atom. The lowest BCUT2D eigenvalue weighted by molar-refractivity contribution is 0.105. The van der Waals surface area contributed by atoms with Crippen molar-refractivity contribution in [2.75, 3.05) is 11.9 Å². The highest BCUT2D eigenvalue weighted by molar-refractivity contribution is 5.56. The normalized spacial score (nSPS) is 29.0. The largest absolute Gasteiger partial charge is 0.376 e. The minimum absolute atomic E-state index is 0.133. The van der Waals surface area contributed by atoms with Crippen molar-refractivity contribution in [2.24, 2.45) is 0 Å². The molecule has 1 N–H and O–H groups in total. The van der Waals surface area contributed by atoms with Crippen molar-refractivity contribution in [3.05, 3.63) is 22.9 Å². The Hall–Kier alpha value is -1.60. The number of nitriles is 1. The van der Waals surface area contributed by atoms with Gasteiger partial charge in [-0.05, 0) is 51.2 Å². The molecule has 0 saturated carbocycles. The number of rotatable bonds is 2. The van der Waals surface area contributed by atoms with Crippen LogP contribution < -0.4 is 5.32 Å². The molecule has 0 bridgehead atoms. The van der Waals surface area contributed by atoms with Crippen LogP contribution in [0.25, 0.3) is 0 Å². The highest BCUT2D eigenvalue weighted by atomic mass is 16.5. The van der Waals surface area contributed by atoms with E-state index >= 15 is 0 Å². The van der Waals surface area contributed by atoms with Crippen molar-refractivity contribution in [1.29, 1.82) is 5.26 Å². The van der Waals surface area contributed by atoms with Gasteiger partial charge in [0.1, 0.15) is 11.9 Å². The van der Waals surface area contributed by atoms with E-state index in [0.717, 1.165) is 43.8 Å². The molecule has 0 spiro atoms. The molecule has 1 saturated heterocycles. The van der Waals surface area contributed by atoms with E-state index in [9.17, 15) is 5.26 Å². The van der Waals surface area contributed by atoms with Crippen molar-refractivity contribution < 1.29 is 4.74 Å². The average Bonchev–Trinajstić information content (AvgIpc) is 2.96. The van der Waals surface area contributed by atoms with Crippen LogP contribution in [0.4, 0.5) is 5.82 Å². The van der Waals surface area contributed by atoms with E-state index in [-0.39, 0.29) is 11.6 Å². The van der Waals surface area contributed by atoms with Crippen LogP contribution in [0.3, 0.4) is 0 Å². The van der Waals surface area contributed by atoms with Crippen LogP contribution in [-0.2, 0) is 17.6 Å². The maximum absolute atomic E-state index is 9.31. The monoisotopic (exact) mass is 257 g/mol. The van der Waals surface area contributed by atoms with Gasteiger partial charge in [0.15, 0.2) is 0 Å². The number of ether oxygens (including phenoxy) is 1. The molecule has 1 aromatic rings. The summed E-state index contributed by atoms with van der Waals surface area (Å²) in [4.78, 5) is 4.68. The predicted octanol–water partition coefficient (Wildman–Crippen LogP) is 2.42. The van der Waals surface area contributed by atoms with Crippen molar-refractivity contribution in [1.82, 2.24) is 4.98 Å². The zero-order valence-electron chi connectivity index (χ0n) is 11.5. The molecule has 4 nitrogen and oxygen atoms in total. The molecular formula is C15H19N3O. The first-order valence-electron chi connectivity index (χ1n) is 6.95. The minimum Gasteiger partial charge on any atom is -0.376 e. The number of anilines is 1. The molecule has 1 aliphatic carbocycles. The maximum Gasteiger partial charge on any atom is 0.144 e. The summed E-state index contributed by atoms with van der Waals surface area (Å²) in [7, 11) is 0. The van der Waals surface area contributed by atoms with Crippen LogP contribution in [0.1, 0.15) is 43.5 Å². The van der Waals surface area contributed by atoms with Gasteiger partial charge in [-0.15, -0.1) is 0 Å². The van der Waals surface area contributed by atoms with E-state index in [4.69, 9.17) is 4.74 Å². The molecule has 2 unspecified atom stereocenters. The molecule has 1 aliphatic heterocycles. The lowest BCUT2D eigenvalue weighted by Crippen LogP contribution is -2.41. The molecule has 4 heteroatoms. The molecule has 1 fully saturated rings. The van der Waals surface area contributed by atoms with E-state index in [1.54, 1.807) is 0 Å². The number of fused-ring (bicyclic) bond motifs is 1. The third-order valence-electron chi connectivity index (χ3n) is 4.46. The van der Waals surface area contributed by atoms with Gasteiger partial charge in [0.2, 0.25) is 0 Å². The lowest BCUT2D eigenvalue weighted by atomic mass is 9.94. The van der Waals surface area contributed by atoms with Crippen LogP contribution in [0.2, 0.25) is 0 Å². The quantitative estimate of drug-likeness (QED) is 0.884. The maximum atomic E-state index is 9.31. The Balaban J connectivity index is 1.95. The zero-order valence-corrected chi connectivity index (χ0v) is 11.5. The van der Waals surface area contributed by atoms with E-state index < -0.39 is 0 Å². The molecule has 2 atom stereocenters. The van der Waals surface area contributed by atoms with E-state index in [0.29, 0.717) is 5.56 Å². The molecular weight excluding hydrogens is 238 g/mol. The molecule has 0 aromatic carbocycles. The summed E-state index contributed by atoms with van der Waals surface area (Å²) in [6.45, 7) is 4.97. The molecule has 3 rings (SSSR count). The number of aromatic nitrogens is 1. The number of nitrogens with one attached hydrogen (secondary N) is 1. The van der Waals surface area contributed by atoms with E-state index in [1.165, 1.54) is 5.56 Å². The predicted molar refractivity (Wildman–Crippen MR) is 73.0 cm³/mol. The summed E-state index contributed by atoms with van der Waals surface area (Å²) < 4.78 is 5.63. The molecule has 0 amide bonds. The van der Waals surface area contributed by atoms with Crippen molar-refractivity contribution in [2.45, 2.75) is 51.2 Å². The fraction of sp³-hybridized carbons (Fsp3) is 0.600. The van der Waals surface area contributed by atoms with Crippen LogP contribution in [-0.4, -0.2) is 23.2 Å². The summed E-state index contributed by atoms with van der Waals surface area (Å²) in [6, 6.07) is 4.27. The summed E-state index contributed by atoms with van der Waals surface area (Å²) in [5, 5.41) is 12.8. The number of nitrogens with zero attached hydrogens (tertiary/aromatic N) is 2. The molecule has 100 valence electrons. The third kappa shape index (κ3) is 2.08. The second-order valence-electron chi connectivity index (χ2n) is 5.76. The fourth-order valence-electron chi connectivity index (χ4n) is 2.92. The Bertz CT molecular complexity index is 549. The lowest BCUT2D eigenvalue weighted by Gasteiger charge is -2.30. The van der Waals surface area contributed by atoms with Crippen LogP contribution in [0.15, 0.2) is 6.07 Å². The van der Waals surface area contributed by atoms with Gasteiger partial charge in [0.25, 0.3) is 0 Å². The molecule has 19 heavy (non-hydrogen) atoms. The molecule has 2 heterocycles. The first-order valence-corrected chi connectivity index (χ1v) is 6.95. The summed E-state index contributed by atoms with van der Waals surface area (Å²) in [5.74, 6) is 0.725. The SMILES string of the molecule is CC1OCCC1(C)Nc1nc2c(cc1C#N)CCC2. The number of hydrogen-bond acceptors (Lipinski definition) is 4. The summed E-state index contributed by atoms with van der Waals surface area (Å²) in [5.41, 5.74) is 2.91. The van der Waals surface area contributed by atoms with Crippen molar-refractivity contribution >= 4 is 5.82 Å². The standard InChI is InChI=1S/C15H19N3O/c1-10-15(2,6-7-19-10)18-14-12(9-16)8-11-4-3-5-13(11)17-14/h8,10H,3-7H2,1-2H3,(H,17,18). The summed E-state index contributed by atoms with van der Waals surface area (Å²) in [6.07, 6.45) is 4.30. The average molecular weight is 257 g/mol. The van der Waals surface area contributed by atoms with Gasteiger partial charge in [-0.25, -0.2) is 4.98 Å². The highest BCUT2D eigenvalue weighted by Crippen LogP contribution is 2.32. The van der Waals surface area contributed by atoms with Crippen LogP contribution in [0, 0.1) is 11.3 Å². The highest BCUT2D eigenvalue weighted by Gasteiger charge is 2.37. The topological polar surface area (TPSA) is 57.9 Å². The van der Waals surface area contributed by atoms with Gasteiger partial charge in [0.05, 0.1) is 17.2 Å². The van der Waals surface area contributed by atoms with Crippen molar-refractivity contribution in [3.8, 4) is 6.07 Å². The van der Waals surface area contributed by atoms with Gasteiger partial charge >= 0.3 is 0 Å². The number of pyridine rings is 1. The van der Waals surface area contributed by atoms with E-state index in [2.05, 4.69) is 30.2 Å². The second kappa shape index (κ2) is 4.50. The molecule has 2 aliphatic rings. The van der Waals surface area contributed by atoms with Crippen LogP contribution in [0.5, 0.6) is 0 Å². The van der Waals surface area contributed by atoms with Gasteiger partial charge < -0.3 is 10.1 Å². The Labute approximate surface area is 113 Å². The van der Waals surface area contributed by atoms with Gasteiger partial charge in [-0.2, -0.15) is 5.26 Å². The number of aryl methyl sites for hydroxylation is 2. The van der Waals surface area contributed by atoms with Crippen molar-refractivity contribution in [3.63, 3.8) is 0 Å². The Morgan fingerprint density at radius 2 is 2.37 bits per heavy atom. The smallest absolute Gasteiger partial charge is 0.144 e. The fourth-order valence-corrected chi connectivity index (χ4v) is 2.92. The van der Waals surface area contributed by atoms with E-state index in [1.807, 2.05) is 6.07 Å². The second-order valence-corrected chi connectivity index (χ2v) is 5.76. The Kier molecular flexibility index (Phi) is 2.94. The third-order valence-corrected chi connectivity index (χ3v) is 4.46. The Morgan fingerprint density at radius 3 is 3.05 bits per heavy atom. The van der Waals surface area contributed by atoms with Gasteiger partial charge in [-0.1, -0.05) is 0 Å².